The van der Waals surface area contributed by atoms with Crippen LogP contribution in [0.5, 0.6) is 0 Å². The molecule has 0 unspecified atom stereocenters. The molecule has 0 bridgehead atoms. The molecule has 1 aliphatic heterocycles. The fraction of sp³-hybridized carbons (Fsp3) is 0.562. The van der Waals surface area contributed by atoms with Gasteiger partial charge in [0.25, 0.3) is 0 Å². The van der Waals surface area contributed by atoms with Crippen molar-refractivity contribution in [3.63, 3.8) is 0 Å². The largest absolute Gasteiger partial charge is 0.379 e. The molecule has 0 aromatic heterocycles. The number of nitrogens with zero attached hydrogens (tertiary/aromatic N) is 1. The average molecular weight is 291 g/mol. The van der Waals surface area contributed by atoms with E-state index in [1.165, 1.54) is 5.56 Å². The van der Waals surface area contributed by atoms with E-state index in [1.54, 1.807) is 0 Å². The first-order valence-corrected chi connectivity index (χ1v) is 7.40. The maximum Gasteiger partial charge on any atom is 0.226 e. The third-order valence-electron chi connectivity index (χ3n) is 3.36. The zero-order valence-corrected chi connectivity index (χ0v) is 12.9. The topological polar surface area (TPSA) is 67.6 Å². The van der Waals surface area contributed by atoms with Crippen molar-refractivity contribution in [2.75, 3.05) is 31.6 Å². The summed E-state index contributed by atoms with van der Waals surface area (Å²) < 4.78 is 5.34. The molecule has 1 heterocycles. The van der Waals surface area contributed by atoms with Gasteiger partial charge in [-0.2, -0.15) is 0 Å². The monoisotopic (exact) mass is 291 g/mol. The molecule has 5 heteroatoms. The Morgan fingerprint density at radius 3 is 2.48 bits per heavy atom. The average Bonchev–Trinajstić information content (AvgIpc) is 2.40. The lowest BCUT2D eigenvalue weighted by molar-refractivity contribution is -0.117. The quantitative estimate of drug-likeness (QED) is 0.864. The van der Waals surface area contributed by atoms with Crippen LogP contribution in [0.1, 0.15) is 25.8 Å². The number of amides is 1. The molecule has 0 aliphatic carbocycles. The van der Waals surface area contributed by atoms with E-state index in [-0.39, 0.29) is 5.91 Å². The van der Waals surface area contributed by atoms with Crippen LogP contribution in [0.2, 0.25) is 0 Å². The normalized spacial score (nSPS) is 16.7. The molecule has 0 radical (unpaired) electrons. The molecule has 21 heavy (non-hydrogen) atoms. The van der Waals surface area contributed by atoms with Crippen molar-refractivity contribution >= 4 is 11.6 Å². The van der Waals surface area contributed by atoms with Crippen molar-refractivity contribution < 1.29 is 9.53 Å². The van der Waals surface area contributed by atoms with Gasteiger partial charge in [-0.1, -0.05) is 12.1 Å². The zero-order valence-electron chi connectivity index (χ0n) is 12.9. The fourth-order valence-corrected chi connectivity index (χ4v) is 2.33. The van der Waals surface area contributed by atoms with Crippen molar-refractivity contribution in [1.82, 2.24) is 4.90 Å². The van der Waals surface area contributed by atoms with Gasteiger partial charge in [0, 0.05) is 37.3 Å². The summed E-state index contributed by atoms with van der Waals surface area (Å²) in [5, 5.41) is 2.88. The smallest absolute Gasteiger partial charge is 0.226 e. The van der Waals surface area contributed by atoms with Crippen LogP contribution < -0.4 is 11.1 Å². The van der Waals surface area contributed by atoms with Crippen molar-refractivity contribution in [2.45, 2.75) is 32.4 Å². The number of rotatable bonds is 5. The molecule has 116 valence electrons. The van der Waals surface area contributed by atoms with Crippen LogP contribution in [-0.2, 0) is 16.1 Å². The first kappa shape index (κ1) is 15.9. The molecular weight excluding hydrogens is 266 g/mol. The van der Waals surface area contributed by atoms with Crippen molar-refractivity contribution in [2.24, 2.45) is 5.73 Å². The lowest BCUT2D eigenvalue weighted by atomic mass is 10.0. The number of carbonyl (C=O) groups excluding carboxylic acids is 1. The number of hydrogen-bond acceptors (Lipinski definition) is 4. The van der Waals surface area contributed by atoms with Crippen LogP contribution in [0.3, 0.4) is 0 Å². The Hall–Kier alpha value is -1.43. The summed E-state index contributed by atoms with van der Waals surface area (Å²) in [5.41, 5.74) is 7.42. The van der Waals surface area contributed by atoms with Crippen LogP contribution in [0.15, 0.2) is 24.3 Å². The predicted octanol–water partition coefficient (Wildman–Crippen LogP) is 1.58. The van der Waals surface area contributed by atoms with Crippen LogP contribution in [0.4, 0.5) is 5.69 Å². The van der Waals surface area contributed by atoms with Gasteiger partial charge in [0.2, 0.25) is 5.91 Å². The number of carbonyl (C=O) groups is 1. The Balaban J connectivity index is 1.85. The number of ether oxygens (including phenoxy) is 1. The summed E-state index contributed by atoms with van der Waals surface area (Å²) in [4.78, 5) is 14.2. The zero-order chi connectivity index (χ0) is 15.3. The summed E-state index contributed by atoms with van der Waals surface area (Å²) in [7, 11) is 0. The number of nitrogens with two attached hydrogens (primary N) is 1. The minimum absolute atomic E-state index is 0.0524. The Morgan fingerprint density at radius 2 is 1.90 bits per heavy atom. The summed E-state index contributed by atoms with van der Waals surface area (Å²) in [6.07, 6.45) is 0.308. The maximum absolute atomic E-state index is 11.8. The highest BCUT2D eigenvalue weighted by Gasteiger charge is 2.16. The molecule has 0 saturated carbocycles. The van der Waals surface area contributed by atoms with Gasteiger partial charge < -0.3 is 15.8 Å². The van der Waals surface area contributed by atoms with E-state index in [2.05, 4.69) is 22.3 Å². The molecule has 1 aromatic carbocycles. The van der Waals surface area contributed by atoms with Crippen LogP contribution in [0, 0.1) is 0 Å². The second-order valence-corrected chi connectivity index (χ2v) is 6.30. The Labute approximate surface area is 126 Å². The van der Waals surface area contributed by atoms with Crippen LogP contribution in [0.25, 0.3) is 0 Å². The Bertz CT molecular complexity index is 459. The first-order chi connectivity index (χ1) is 9.92. The first-order valence-electron chi connectivity index (χ1n) is 7.40. The lowest BCUT2D eigenvalue weighted by Crippen LogP contribution is -2.36. The van der Waals surface area contributed by atoms with Gasteiger partial charge in [-0.3, -0.25) is 9.69 Å². The number of benzene rings is 1. The number of anilines is 1. The molecule has 1 aliphatic rings. The Kier molecular flexibility index (Phi) is 5.33. The van der Waals surface area contributed by atoms with Crippen LogP contribution in [-0.4, -0.2) is 42.6 Å². The minimum atomic E-state index is -0.486. The summed E-state index contributed by atoms with van der Waals surface area (Å²) in [6, 6.07) is 7.99. The minimum Gasteiger partial charge on any atom is -0.379 e. The van der Waals surface area contributed by atoms with E-state index in [0.29, 0.717) is 6.42 Å². The summed E-state index contributed by atoms with van der Waals surface area (Å²) in [5.74, 6) is -0.0524. The summed E-state index contributed by atoms with van der Waals surface area (Å²) >= 11 is 0. The molecule has 0 atom stereocenters. The molecule has 3 N–H and O–H groups in total. The highest BCUT2D eigenvalue weighted by molar-refractivity contribution is 5.91. The van der Waals surface area contributed by atoms with Gasteiger partial charge in [0.1, 0.15) is 0 Å². The van der Waals surface area contributed by atoms with Crippen molar-refractivity contribution in [1.29, 1.82) is 0 Å². The van der Waals surface area contributed by atoms with E-state index in [9.17, 15) is 4.79 Å². The van der Waals surface area contributed by atoms with Gasteiger partial charge in [0.15, 0.2) is 0 Å². The van der Waals surface area contributed by atoms with Crippen LogP contribution >= 0.6 is 0 Å². The third-order valence-corrected chi connectivity index (χ3v) is 3.36. The number of hydrogen-bond donors (Lipinski definition) is 2. The molecule has 1 amide bonds. The van der Waals surface area contributed by atoms with Gasteiger partial charge in [-0.15, -0.1) is 0 Å². The van der Waals surface area contributed by atoms with E-state index in [0.717, 1.165) is 38.5 Å². The maximum atomic E-state index is 11.8. The third kappa shape index (κ3) is 5.83. The molecule has 0 spiro atoms. The highest BCUT2D eigenvalue weighted by atomic mass is 16.5. The predicted molar refractivity (Wildman–Crippen MR) is 84.1 cm³/mol. The molecule has 1 aromatic rings. The van der Waals surface area contributed by atoms with Gasteiger partial charge >= 0.3 is 0 Å². The van der Waals surface area contributed by atoms with Gasteiger partial charge in [-0.05, 0) is 31.5 Å². The van der Waals surface area contributed by atoms with E-state index in [4.69, 9.17) is 10.5 Å². The standard InChI is InChI=1S/C16H25N3O2/c1-16(2,17)11-15(20)18-14-5-3-13(4-6-14)12-19-7-9-21-10-8-19/h3-6H,7-12,17H2,1-2H3,(H,18,20). The molecular formula is C16H25N3O2. The van der Waals surface area contributed by atoms with Crippen molar-refractivity contribution in [3.05, 3.63) is 29.8 Å². The van der Waals surface area contributed by atoms with Gasteiger partial charge in [-0.25, -0.2) is 0 Å². The second kappa shape index (κ2) is 7.02. The number of nitrogens with one attached hydrogen (secondary N) is 1. The highest BCUT2D eigenvalue weighted by Crippen LogP contribution is 2.14. The SMILES string of the molecule is CC(C)(N)CC(=O)Nc1ccc(CN2CCOCC2)cc1. The molecule has 5 nitrogen and oxygen atoms in total. The second-order valence-electron chi connectivity index (χ2n) is 6.30. The van der Waals surface area contributed by atoms with Crippen molar-refractivity contribution in [3.8, 4) is 0 Å². The molecule has 1 saturated heterocycles. The van der Waals surface area contributed by atoms with E-state index < -0.39 is 5.54 Å². The molecule has 1 fully saturated rings. The molecule has 2 rings (SSSR count). The van der Waals surface area contributed by atoms with E-state index >= 15 is 0 Å². The lowest BCUT2D eigenvalue weighted by Gasteiger charge is -2.26. The Morgan fingerprint density at radius 1 is 1.29 bits per heavy atom. The van der Waals surface area contributed by atoms with Gasteiger partial charge in [0.05, 0.1) is 13.2 Å². The fourth-order valence-electron chi connectivity index (χ4n) is 2.33. The summed E-state index contributed by atoms with van der Waals surface area (Å²) in [6.45, 7) is 8.18. The number of morpholine rings is 1. The van der Waals surface area contributed by atoms with E-state index in [1.807, 2.05) is 26.0 Å².